The average Bonchev–Trinajstić information content (AvgIpc) is 2.27. The smallest absolute Gasteiger partial charge is 0.0681 e. The largest absolute Gasteiger partial charge is 0.392 e. The lowest BCUT2D eigenvalue weighted by molar-refractivity contribution is 0.281. The van der Waals surface area contributed by atoms with Gasteiger partial charge in [0.15, 0.2) is 0 Å². The number of fused-ring (bicyclic) bond motifs is 1. The van der Waals surface area contributed by atoms with Crippen LogP contribution in [0.1, 0.15) is 49.3 Å². The molecule has 1 atom stereocenters. The van der Waals surface area contributed by atoms with E-state index in [4.69, 9.17) is 5.11 Å². The summed E-state index contributed by atoms with van der Waals surface area (Å²) in [5.74, 6) is 1.45. The monoisotopic (exact) mass is 204 g/mol. The van der Waals surface area contributed by atoms with Crippen molar-refractivity contribution in [2.75, 3.05) is 0 Å². The molecule has 1 N–H and O–H groups in total. The van der Waals surface area contributed by atoms with Gasteiger partial charge in [-0.05, 0) is 47.8 Å². The second kappa shape index (κ2) is 4.36. The molecule has 0 radical (unpaired) electrons. The van der Waals surface area contributed by atoms with Gasteiger partial charge < -0.3 is 5.11 Å². The second-order valence-corrected chi connectivity index (χ2v) is 4.93. The lowest BCUT2D eigenvalue weighted by Crippen LogP contribution is -2.14. The van der Waals surface area contributed by atoms with Gasteiger partial charge in [-0.2, -0.15) is 0 Å². The Morgan fingerprint density at radius 2 is 2.20 bits per heavy atom. The van der Waals surface area contributed by atoms with Crippen molar-refractivity contribution in [2.24, 2.45) is 5.92 Å². The molecular formula is C14H20O. The zero-order chi connectivity index (χ0) is 10.8. The minimum absolute atomic E-state index is 0.166. The van der Waals surface area contributed by atoms with Crippen LogP contribution in [0.2, 0.25) is 0 Å². The van der Waals surface area contributed by atoms with Gasteiger partial charge in [-0.1, -0.05) is 32.0 Å². The maximum atomic E-state index is 9.11. The maximum Gasteiger partial charge on any atom is 0.0681 e. The van der Waals surface area contributed by atoms with Crippen LogP contribution in [-0.4, -0.2) is 5.11 Å². The topological polar surface area (TPSA) is 20.2 Å². The first kappa shape index (κ1) is 10.7. The summed E-state index contributed by atoms with van der Waals surface area (Å²) in [7, 11) is 0. The Hall–Kier alpha value is -0.820. The normalized spacial score (nSPS) is 20.4. The molecule has 1 nitrogen and oxygen atoms in total. The Kier molecular flexibility index (Phi) is 3.11. The molecule has 0 heterocycles. The van der Waals surface area contributed by atoms with Crippen LogP contribution in [0, 0.1) is 5.92 Å². The highest BCUT2D eigenvalue weighted by molar-refractivity contribution is 5.36. The number of aliphatic hydroxyl groups excluding tert-OH is 1. The van der Waals surface area contributed by atoms with E-state index in [9.17, 15) is 0 Å². The molecule has 0 saturated heterocycles. The number of benzene rings is 1. The van der Waals surface area contributed by atoms with Crippen LogP contribution in [0.5, 0.6) is 0 Å². The molecule has 1 unspecified atom stereocenters. The standard InChI is InChI=1S/C14H20O/c1-10(2)13-5-3-4-12-8-11(9-15)6-7-14(12)13/h6-8,10,13,15H,3-5,9H2,1-2H3. The first-order valence-electron chi connectivity index (χ1n) is 5.95. The van der Waals surface area contributed by atoms with Gasteiger partial charge in [0, 0.05) is 0 Å². The molecular weight excluding hydrogens is 184 g/mol. The molecule has 15 heavy (non-hydrogen) atoms. The van der Waals surface area contributed by atoms with Crippen LogP contribution in [0.25, 0.3) is 0 Å². The third-order valence-electron chi connectivity index (χ3n) is 3.56. The van der Waals surface area contributed by atoms with Gasteiger partial charge in [0.05, 0.1) is 6.61 Å². The number of hydrogen-bond donors (Lipinski definition) is 1. The molecule has 0 spiro atoms. The number of aryl methyl sites for hydroxylation is 1. The summed E-state index contributed by atoms with van der Waals surface area (Å²) in [6.07, 6.45) is 3.81. The molecule has 1 heteroatoms. The Morgan fingerprint density at radius 3 is 2.87 bits per heavy atom. The molecule has 1 aromatic rings. The van der Waals surface area contributed by atoms with E-state index in [-0.39, 0.29) is 6.61 Å². The molecule has 0 aliphatic heterocycles. The molecule has 0 bridgehead atoms. The fourth-order valence-corrected chi connectivity index (χ4v) is 2.70. The van der Waals surface area contributed by atoms with E-state index < -0.39 is 0 Å². The van der Waals surface area contributed by atoms with E-state index in [1.807, 2.05) is 0 Å². The molecule has 1 aliphatic rings. The van der Waals surface area contributed by atoms with Crippen LogP contribution in [0.15, 0.2) is 18.2 Å². The van der Waals surface area contributed by atoms with Gasteiger partial charge in [-0.15, -0.1) is 0 Å². The van der Waals surface area contributed by atoms with Gasteiger partial charge in [-0.3, -0.25) is 0 Å². The van der Waals surface area contributed by atoms with Crippen LogP contribution in [0.4, 0.5) is 0 Å². The van der Waals surface area contributed by atoms with Crippen LogP contribution in [0.3, 0.4) is 0 Å². The first-order valence-corrected chi connectivity index (χ1v) is 5.95. The lowest BCUT2D eigenvalue weighted by Gasteiger charge is -2.28. The molecule has 0 amide bonds. The zero-order valence-corrected chi connectivity index (χ0v) is 9.66. The van der Waals surface area contributed by atoms with Crippen molar-refractivity contribution in [3.63, 3.8) is 0 Å². The van der Waals surface area contributed by atoms with E-state index in [1.165, 1.54) is 30.4 Å². The van der Waals surface area contributed by atoms with E-state index in [2.05, 4.69) is 32.0 Å². The predicted molar refractivity (Wildman–Crippen MR) is 62.9 cm³/mol. The van der Waals surface area contributed by atoms with E-state index in [0.29, 0.717) is 0 Å². The minimum atomic E-state index is 0.166. The highest BCUT2D eigenvalue weighted by atomic mass is 16.3. The molecule has 0 fully saturated rings. The van der Waals surface area contributed by atoms with Gasteiger partial charge in [0.25, 0.3) is 0 Å². The van der Waals surface area contributed by atoms with Gasteiger partial charge in [0.1, 0.15) is 0 Å². The number of aliphatic hydroxyl groups is 1. The van der Waals surface area contributed by atoms with Crippen molar-refractivity contribution in [1.82, 2.24) is 0 Å². The summed E-state index contributed by atoms with van der Waals surface area (Å²) in [5.41, 5.74) is 4.04. The van der Waals surface area contributed by atoms with Crippen molar-refractivity contribution in [3.05, 3.63) is 34.9 Å². The van der Waals surface area contributed by atoms with Crippen molar-refractivity contribution in [2.45, 2.75) is 45.6 Å². The lowest BCUT2D eigenvalue weighted by atomic mass is 9.76. The maximum absolute atomic E-state index is 9.11. The summed E-state index contributed by atoms with van der Waals surface area (Å²) in [6.45, 7) is 4.78. The van der Waals surface area contributed by atoms with Crippen LogP contribution >= 0.6 is 0 Å². The van der Waals surface area contributed by atoms with Gasteiger partial charge in [-0.25, -0.2) is 0 Å². The van der Waals surface area contributed by atoms with E-state index >= 15 is 0 Å². The summed E-state index contributed by atoms with van der Waals surface area (Å²) in [5, 5.41) is 9.11. The Morgan fingerprint density at radius 1 is 1.40 bits per heavy atom. The Balaban J connectivity index is 2.36. The van der Waals surface area contributed by atoms with Gasteiger partial charge >= 0.3 is 0 Å². The Bertz CT molecular complexity index is 341. The predicted octanol–water partition coefficient (Wildman–Crippen LogP) is 3.25. The minimum Gasteiger partial charge on any atom is -0.392 e. The molecule has 1 aliphatic carbocycles. The number of rotatable bonds is 2. The molecule has 0 aromatic heterocycles. The first-order chi connectivity index (χ1) is 7.22. The fraction of sp³-hybridized carbons (Fsp3) is 0.571. The van der Waals surface area contributed by atoms with Crippen LogP contribution < -0.4 is 0 Å². The highest BCUT2D eigenvalue weighted by Crippen LogP contribution is 2.36. The zero-order valence-electron chi connectivity index (χ0n) is 9.66. The Labute approximate surface area is 92.1 Å². The summed E-state index contributed by atoms with van der Waals surface area (Å²) in [6, 6.07) is 6.48. The summed E-state index contributed by atoms with van der Waals surface area (Å²) in [4.78, 5) is 0. The SMILES string of the molecule is CC(C)C1CCCc2cc(CO)ccc21. The number of hydrogen-bond acceptors (Lipinski definition) is 1. The quantitative estimate of drug-likeness (QED) is 0.784. The van der Waals surface area contributed by atoms with Crippen molar-refractivity contribution in [1.29, 1.82) is 0 Å². The molecule has 0 saturated carbocycles. The van der Waals surface area contributed by atoms with E-state index in [0.717, 1.165) is 17.4 Å². The highest BCUT2D eigenvalue weighted by Gasteiger charge is 2.22. The molecule has 82 valence electrons. The average molecular weight is 204 g/mol. The van der Waals surface area contributed by atoms with Gasteiger partial charge in [0.2, 0.25) is 0 Å². The summed E-state index contributed by atoms with van der Waals surface area (Å²) < 4.78 is 0. The van der Waals surface area contributed by atoms with Crippen molar-refractivity contribution in [3.8, 4) is 0 Å². The molecule has 1 aromatic carbocycles. The fourth-order valence-electron chi connectivity index (χ4n) is 2.70. The van der Waals surface area contributed by atoms with Crippen molar-refractivity contribution < 1.29 is 5.11 Å². The van der Waals surface area contributed by atoms with Crippen molar-refractivity contribution >= 4 is 0 Å². The third-order valence-corrected chi connectivity index (χ3v) is 3.56. The van der Waals surface area contributed by atoms with E-state index in [1.54, 1.807) is 0 Å². The van der Waals surface area contributed by atoms with Crippen LogP contribution in [-0.2, 0) is 13.0 Å². The molecule has 2 rings (SSSR count). The summed E-state index contributed by atoms with van der Waals surface area (Å²) >= 11 is 0. The second-order valence-electron chi connectivity index (χ2n) is 4.93. The third kappa shape index (κ3) is 2.07.